The Morgan fingerprint density at radius 2 is 1.61 bits per heavy atom. The van der Waals surface area contributed by atoms with Gasteiger partial charge in [-0.25, -0.2) is 23.5 Å². The number of allylic oxidation sites excluding steroid dienone is 6. The number of aromatic nitrogens is 3. The van der Waals surface area contributed by atoms with E-state index in [9.17, 15) is 9.59 Å². The van der Waals surface area contributed by atoms with Crippen LogP contribution in [-0.4, -0.2) is 27.0 Å². The van der Waals surface area contributed by atoms with Gasteiger partial charge in [0.25, 0.3) is 0 Å². The minimum atomic E-state index is -0.302. The summed E-state index contributed by atoms with van der Waals surface area (Å²) in [5.74, 6) is 0. The van der Waals surface area contributed by atoms with E-state index in [4.69, 9.17) is 0 Å². The van der Waals surface area contributed by atoms with Crippen molar-refractivity contribution >= 4 is 0 Å². The van der Waals surface area contributed by atoms with Crippen LogP contribution in [0.15, 0.2) is 58.7 Å². The number of hydrogen-bond donors (Lipinski definition) is 1. The molecule has 6 heteroatoms. The van der Waals surface area contributed by atoms with Gasteiger partial charge in [-0.1, -0.05) is 84.1 Å². The summed E-state index contributed by atoms with van der Waals surface area (Å²) in [4.78, 5) is 26.1. The van der Waals surface area contributed by atoms with E-state index in [1.54, 1.807) is 21.5 Å². The first-order valence-corrected chi connectivity index (χ1v) is 12.6. The van der Waals surface area contributed by atoms with Crippen LogP contribution in [0.3, 0.4) is 0 Å². The number of piperidine rings is 1. The van der Waals surface area contributed by atoms with Gasteiger partial charge in [0.1, 0.15) is 0 Å². The molecule has 3 heterocycles. The zero-order valence-electron chi connectivity index (χ0n) is 22.8. The highest BCUT2D eigenvalue weighted by atomic mass is 16.2. The lowest BCUT2D eigenvalue weighted by Gasteiger charge is -2.38. The maximum atomic E-state index is 13.1. The second-order valence-electron chi connectivity index (χ2n) is 7.31. The molecule has 0 radical (unpaired) electrons. The lowest BCUT2D eigenvalue weighted by Crippen LogP contribution is -2.50. The molecule has 1 spiro atoms. The molecule has 190 valence electrons. The van der Waals surface area contributed by atoms with E-state index in [1.807, 2.05) is 74.5 Å². The van der Waals surface area contributed by atoms with E-state index in [-0.39, 0.29) is 23.0 Å². The van der Waals surface area contributed by atoms with E-state index < -0.39 is 0 Å². The molecular weight excluding hydrogens is 412 g/mol. The molecular formula is C27H50N4O2. The largest absolute Gasteiger partial charge is 0.348 e. The predicted octanol–water partition coefficient (Wildman–Crippen LogP) is 5.81. The first-order chi connectivity index (χ1) is 15.9. The second kappa shape index (κ2) is 18.1. The Morgan fingerprint density at radius 3 is 2.09 bits per heavy atom. The summed E-state index contributed by atoms with van der Waals surface area (Å²) in [5.41, 5.74) is 0.209. The van der Waals surface area contributed by atoms with E-state index in [0.29, 0.717) is 6.54 Å². The number of nitrogens with zero attached hydrogens (tertiary/aromatic N) is 3. The standard InChI is InChI=1S/C18H26N4O2.C3H6.3C2H6/c1-4-6-14(2)13-20-16(23)21-15(3)7-5-8-18(22(21)17(20)24)9-11-19-12-10-18;1-3-2;3*1-2/h4-7,15,19H,1,8-13H2,2-3H3;3H,1H2,2H3;3*1-2H3/b14-6+;;;;. The van der Waals surface area contributed by atoms with Crippen LogP contribution < -0.4 is 16.7 Å². The van der Waals surface area contributed by atoms with Crippen molar-refractivity contribution in [2.24, 2.45) is 0 Å². The van der Waals surface area contributed by atoms with Gasteiger partial charge in [-0.2, -0.15) is 0 Å². The predicted molar refractivity (Wildman–Crippen MR) is 145 cm³/mol. The number of hydrogen-bond acceptors (Lipinski definition) is 3. The molecule has 0 aliphatic carbocycles. The van der Waals surface area contributed by atoms with E-state index in [1.165, 1.54) is 4.57 Å². The van der Waals surface area contributed by atoms with E-state index >= 15 is 0 Å². The monoisotopic (exact) mass is 462 g/mol. The minimum absolute atomic E-state index is 0.121. The maximum absolute atomic E-state index is 13.1. The maximum Gasteiger partial charge on any atom is 0.348 e. The van der Waals surface area contributed by atoms with Crippen molar-refractivity contribution in [3.8, 4) is 0 Å². The van der Waals surface area contributed by atoms with Gasteiger partial charge < -0.3 is 5.32 Å². The van der Waals surface area contributed by atoms with Crippen LogP contribution in [0.5, 0.6) is 0 Å². The average Bonchev–Trinajstić information content (AvgIpc) is 3.00. The molecule has 1 N–H and O–H groups in total. The highest BCUT2D eigenvalue weighted by Crippen LogP contribution is 2.33. The fourth-order valence-corrected chi connectivity index (χ4v) is 3.88. The zero-order valence-corrected chi connectivity index (χ0v) is 22.8. The Hall–Kier alpha value is -2.34. The number of rotatable bonds is 3. The molecule has 6 nitrogen and oxygen atoms in total. The molecule has 1 aromatic rings. The molecule has 1 fully saturated rings. The van der Waals surface area contributed by atoms with Crippen molar-refractivity contribution < 1.29 is 0 Å². The third kappa shape index (κ3) is 8.50. The van der Waals surface area contributed by atoms with Crippen LogP contribution in [0.25, 0.3) is 0 Å². The van der Waals surface area contributed by atoms with Crippen LogP contribution >= 0.6 is 0 Å². The normalized spacial score (nSPS) is 17.7. The van der Waals surface area contributed by atoms with Gasteiger partial charge in [0.15, 0.2) is 0 Å². The van der Waals surface area contributed by atoms with Crippen LogP contribution in [0, 0.1) is 0 Å². The SMILES string of the molecule is C=C/C=C(\C)Cn1c(=O)n2n(c1=O)C1(CC=CC2C)CCNCC1.C=CC.CC.CC.CC. The third-order valence-electron chi connectivity index (χ3n) is 5.15. The highest BCUT2D eigenvalue weighted by molar-refractivity contribution is 5.09. The van der Waals surface area contributed by atoms with Crippen LogP contribution in [-0.2, 0) is 12.1 Å². The summed E-state index contributed by atoms with van der Waals surface area (Å²) in [6.45, 7) is 26.8. The minimum Gasteiger partial charge on any atom is -0.317 e. The van der Waals surface area contributed by atoms with Gasteiger partial charge in [0.2, 0.25) is 0 Å². The van der Waals surface area contributed by atoms with Crippen molar-refractivity contribution in [2.75, 3.05) is 13.1 Å². The first kappa shape index (κ1) is 32.8. The highest BCUT2D eigenvalue weighted by Gasteiger charge is 2.39. The van der Waals surface area contributed by atoms with Crippen molar-refractivity contribution in [1.82, 2.24) is 19.2 Å². The molecule has 0 saturated carbocycles. The quantitative estimate of drug-likeness (QED) is 0.455. The molecule has 33 heavy (non-hydrogen) atoms. The van der Waals surface area contributed by atoms with Gasteiger partial charge in [-0.05, 0) is 53.1 Å². The Labute approximate surface area is 202 Å². The topological polar surface area (TPSA) is 61.0 Å². The van der Waals surface area contributed by atoms with Crippen molar-refractivity contribution in [2.45, 2.75) is 99.7 Å². The first-order valence-electron chi connectivity index (χ1n) is 12.6. The van der Waals surface area contributed by atoms with Crippen LogP contribution in [0.1, 0.15) is 87.6 Å². The van der Waals surface area contributed by atoms with E-state index in [0.717, 1.165) is 37.9 Å². The van der Waals surface area contributed by atoms with Crippen molar-refractivity contribution in [3.05, 3.63) is 70.1 Å². The lowest BCUT2D eigenvalue weighted by atomic mass is 9.85. The van der Waals surface area contributed by atoms with E-state index in [2.05, 4.69) is 24.6 Å². The van der Waals surface area contributed by atoms with Crippen molar-refractivity contribution in [3.63, 3.8) is 0 Å². The Balaban J connectivity index is 0. The molecule has 0 amide bonds. The number of nitrogens with one attached hydrogen (secondary N) is 1. The summed E-state index contributed by atoms with van der Waals surface area (Å²) in [6, 6.07) is -0.121. The van der Waals surface area contributed by atoms with Gasteiger partial charge in [0.05, 0.1) is 18.1 Å². The van der Waals surface area contributed by atoms with Gasteiger partial charge in [-0.15, -0.1) is 6.58 Å². The van der Waals surface area contributed by atoms with Gasteiger partial charge in [0, 0.05) is 0 Å². The Morgan fingerprint density at radius 1 is 1.09 bits per heavy atom. The third-order valence-corrected chi connectivity index (χ3v) is 5.15. The fraction of sp³-hybridized carbons (Fsp3) is 0.630. The summed E-state index contributed by atoms with van der Waals surface area (Å²) in [5, 5.41) is 3.35. The zero-order chi connectivity index (χ0) is 26.0. The molecule has 0 aromatic carbocycles. The Kier molecular flexibility index (Phi) is 18.0. The molecule has 1 saturated heterocycles. The molecule has 1 unspecified atom stereocenters. The van der Waals surface area contributed by atoms with Crippen molar-refractivity contribution in [1.29, 1.82) is 0 Å². The number of fused-ring (bicyclic) bond motifs is 2. The summed E-state index contributed by atoms with van der Waals surface area (Å²) < 4.78 is 4.76. The van der Waals surface area contributed by atoms with Crippen LogP contribution in [0.4, 0.5) is 0 Å². The molecule has 1 atom stereocenters. The molecule has 3 rings (SSSR count). The molecule has 2 aliphatic rings. The smallest absolute Gasteiger partial charge is 0.317 e. The molecule has 2 aliphatic heterocycles. The average molecular weight is 463 g/mol. The second-order valence-corrected chi connectivity index (χ2v) is 7.31. The molecule has 0 bridgehead atoms. The molecule has 1 aromatic heterocycles. The summed E-state index contributed by atoms with van der Waals surface area (Å²) in [7, 11) is 0. The lowest BCUT2D eigenvalue weighted by molar-refractivity contribution is 0.155. The van der Waals surface area contributed by atoms with Crippen LogP contribution in [0.2, 0.25) is 0 Å². The van der Waals surface area contributed by atoms with Gasteiger partial charge >= 0.3 is 11.4 Å². The van der Waals surface area contributed by atoms with Gasteiger partial charge in [-0.3, -0.25) is 0 Å². The summed E-state index contributed by atoms with van der Waals surface area (Å²) in [6.07, 6.45) is 11.9. The fourth-order valence-electron chi connectivity index (χ4n) is 3.88. The summed E-state index contributed by atoms with van der Waals surface area (Å²) >= 11 is 0. The Bertz CT molecular complexity index is 846.